The molecule has 2 rings (SSSR count). The summed E-state index contributed by atoms with van der Waals surface area (Å²) in [5.74, 6) is -2.93. The normalized spacial score (nSPS) is 15.7. The number of ether oxygens (including phenoxy) is 2. The molecule has 4 N–H and O–H groups in total. The SMILES string of the molecule is CN[C@H](C(=O)NC(C(=O)N(C)[C@H](/C=C(\C)C(=O)N[C@H](CCC(=O)NCCN1C(=O)C=CC1=O)C(=O)OC(C)(C)C)C(C)C)C(C)(C)C)C(C)(C)c1cccc(OC)c1. The molecule has 15 heteroatoms. The second-order valence-electron chi connectivity index (χ2n) is 17.6. The fraction of sp³-hybridized carbons (Fsp3) is 0.605. The third-order valence-corrected chi connectivity index (χ3v) is 9.96. The van der Waals surface area contributed by atoms with Gasteiger partial charge in [0.25, 0.3) is 11.8 Å². The molecule has 322 valence electrons. The average Bonchev–Trinajstić information content (AvgIpc) is 3.44. The van der Waals surface area contributed by atoms with Crippen LogP contribution in [0.15, 0.2) is 48.1 Å². The van der Waals surface area contributed by atoms with Gasteiger partial charge in [-0.25, -0.2) is 4.79 Å². The Morgan fingerprint density at radius 2 is 1.52 bits per heavy atom. The molecule has 1 aromatic carbocycles. The van der Waals surface area contributed by atoms with Crippen molar-refractivity contribution >= 4 is 41.4 Å². The lowest BCUT2D eigenvalue weighted by molar-refractivity contribution is -0.158. The van der Waals surface area contributed by atoms with E-state index in [0.29, 0.717) is 5.75 Å². The molecule has 0 aromatic heterocycles. The summed E-state index contributed by atoms with van der Waals surface area (Å²) in [5, 5.41) is 11.5. The van der Waals surface area contributed by atoms with E-state index in [1.54, 1.807) is 55.0 Å². The Morgan fingerprint density at radius 1 is 0.914 bits per heavy atom. The predicted octanol–water partition coefficient (Wildman–Crippen LogP) is 3.17. The number of hydrogen-bond acceptors (Lipinski definition) is 10. The number of hydrogen-bond donors (Lipinski definition) is 4. The molecule has 0 saturated carbocycles. The fourth-order valence-electron chi connectivity index (χ4n) is 6.53. The number of likely N-dealkylation sites (N-methyl/N-ethyl adjacent to an activating group) is 2. The maximum absolute atomic E-state index is 14.4. The largest absolute Gasteiger partial charge is 0.497 e. The van der Waals surface area contributed by atoms with Gasteiger partial charge < -0.3 is 35.6 Å². The van der Waals surface area contributed by atoms with E-state index in [0.717, 1.165) is 22.6 Å². The van der Waals surface area contributed by atoms with Gasteiger partial charge in [-0.3, -0.25) is 33.7 Å². The molecule has 0 aliphatic carbocycles. The number of carbonyl (C=O) groups is 7. The average molecular weight is 811 g/mol. The molecule has 0 bridgehead atoms. The highest BCUT2D eigenvalue weighted by atomic mass is 16.6. The zero-order chi connectivity index (χ0) is 44.3. The number of esters is 1. The van der Waals surface area contributed by atoms with Gasteiger partial charge >= 0.3 is 5.97 Å². The van der Waals surface area contributed by atoms with Crippen molar-refractivity contribution in [3.63, 3.8) is 0 Å². The van der Waals surface area contributed by atoms with Crippen molar-refractivity contribution in [2.24, 2.45) is 11.3 Å². The van der Waals surface area contributed by atoms with Crippen LogP contribution >= 0.6 is 0 Å². The molecule has 15 nitrogen and oxygen atoms in total. The van der Waals surface area contributed by atoms with Crippen LogP contribution in [0.4, 0.5) is 0 Å². The lowest BCUT2D eigenvalue weighted by Crippen LogP contribution is -2.61. The molecule has 0 radical (unpaired) electrons. The van der Waals surface area contributed by atoms with Crippen LogP contribution in [0.5, 0.6) is 5.75 Å². The summed E-state index contributed by atoms with van der Waals surface area (Å²) in [6.07, 6.45) is 3.71. The molecule has 0 spiro atoms. The number of amides is 6. The van der Waals surface area contributed by atoms with E-state index in [9.17, 15) is 33.6 Å². The Bertz CT molecular complexity index is 1720. The highest BCUT2D eigenvalue weighted by Crippen LogP contribution is 2.31. The Balaban J connectivity index is 2.27. The molecule has 1 aliphatic heterocycles. The minimum absolute atomic E-state index is 0.0115. The van der Waals surface area contributed by atoms with Crippen molar-refractivity contribution in [1.29, 1.82) is 0 Å². The molecule has 1 unspecified atom stereocenters. The number of nitrogens with zero attached hydrogens (tertiary/aromatic N) is 2. The maximum Gasteiger partial charge on any atom is 0.329 e. The van der Waals surface area contributed by atoms with E-state index in [1.807, 2.05) is 72.7 Å². The molecule has 1 aromatic rings. The summed E-state index contributed by atoms with van der Waals surface area (Å²) < 4.78 is 11.0. The predicted molar refractivity (Wildman–Crippen MR) is 221 cm³/mol. The van der Waals surface area contributed by atoms with Crippen LogP contribution in [0.25, 0.3) is 0 Å². The third-order valence-electron chi connectivity index (χ3n) is 9.96. The minimum Gasteiger partial charge on any atom is -0.497 e. The van der Waals surface area contributed by atoms with Gasteiger partial charge in [0, 0.05) is 49.7 Å². The minimum atomic E-state index is -1.19. The van der Waals surface area contributed by atoms with Gasteiger partial charge in [0.05, 0.1) is 19.2 Å². The first-order valence-electron chi connectivity index (χ1n) is 19.7. The summed E-state index contributed by atoms with van der Waals surface area (Å²) in [7, 11) is 4.91. The van der Waals surface area contributed by atoms with Gasteiger partial charge in [-0.2, -0.15) is 0 Å². The van der Waals surface area contributed by atoms with Gasteiger partial charge in [-0.1, -0.05) is 66.7 Å². The zero-order valence-electron chi connectivity index (χ0n) is 36.8. The van der Waals surface area contributed by atoms with Crippen LogP contribution in [0.2, 0.25) is 0 Å². The smallest absolute Gasteiger partial charge is 0.329 e. The first-order chi connectivity index (χ1) is 26.7. The monoisotopic (exact) mass is 810 g/mol. The van der Waals surface area contributed by atoms with E-state index in [-0.39, 0.29) is 49.2 Å². The van der Waals surface area contributed by atoms with Crippen LogP contribution in [0.1, 0.15) is 94.6 Å². The Morgan fingerprint density at radius 3 is 2.03 bits per heavy atom. The second-order valence-corrected chi connectivity index (χ2v) is 17.6. The highest BCUT2D eigenvalue weighted by Gasteiger charge is 2.42. The summed E-state index contributed by atoms with van der Waals surface area (Å²) >= 11 is 0. The fourth-order valence-corrected chi connectivity index (χ4v) is 6.53. The molecule has 58 heavy (non-hydrogen) atoms. The standard InChI is InChI=1S/C43H66N6O9/c1-26(2)31(48(13)39(55)36(41(4,5)6)47-38(54)35(44-12)43(10,11)28-16-15-17-29(25-28)57-14)24-27(3)37(53)46-30(40(56)58-42(7,8)9)18-19-32(50)45-22-23-49-33(51)20-21-34(49)52/h15-17,20-21,24-26,30-31,35-36,44H,18-19,22-23H2,1-14H3,(H,45,50)(H,46,53)(H,47,54)/b27-24+/t30-,31-,35-,36?/m1/s1. The quantitative estimate of drug-likeness (QED) is 0.0917. The van der Waals surface area contributed by atoms with Crippen molar-refractivity contribution in [2.45, 2.75) is 124 Å². The third kappa shape index (κ3) is 13.8. The van der Waals surface area contributed by atoms with Crippen LogP contribution in [0, 0.1) is 11.3 Å². The van der Waals surface area contributed by atoms with E-state index < -0.39 is 70.2 Å². The summed E-state index contributed by atoms with van der Waals surface area (Å²) in [4.78, 5) is 94.1. The summed E-state index contributed by atoms with van der Waals surface area (Å²) in [6.45, 7) is 19.9. The molecule has 1 heterocycles. The second kappa shape index (κ2) is 20.6. The Kier molecular flexibility index (Phi) is 17.4. The van der Waals surface area contributed by atoms with E-state index in [4.69, 9.17) is 9.47 Å². The zero-order valence-corrected chi connectivity index (χ0v) is 36.8. The van der Waals surface area contributed by atoms with E-state index >= 15 is 0 Å². The van der Waals surface area contributed by atoms with Crippen molar-refractivity contribution in [3.05, 3.63) is 53.6 Å². The van der Waals surface area contributed by atoms with E-state index in [2.05, 4.69) is 21.3 Å². The molecule has 1 aliphatic rings. The molecular weight excluding hydrogens is 745 g/mol. The van der Waals surface area contributed by atoms with Gasteiger partial charge in [0.2, 0.25) is 23.6 Å². The number of methoxy groups -OCH3 is 1. The number of nitrogens with one attached hydrogen (secondary N) is 4. The van der Waals surface area contributed by atoms with Crippen LogP contribution in [0.3, 0.4) is 0 Å². The number of rotatable bonds is 19. The highest BCUT2D eigenvalue weighted by molar-refractivity contribution is 6.12. The molecular formula is C43H66N6O9. The number of benzene rings is 1. The van der Waals surface area contributed by atoms with Crippen LogP contribution in [-0.2, 0) is 43.7 Å². The van der Waals surface area contributed by atoms with Gasteiger partial charge in [-0.15, -0.1) is 0 Å². The van der Waals surface area contributed by atoms with Gasteiger partial charge in [0.15, 0.2) is 0 Å². The van der Waals surface area contributed by atoms with E-state index in [1.165, 1.54) is 4.90 Å². The summed E-state index contributed by atoms with van der Waals surface area (Å²) in [5.41, 5.74) is -1.19. The maximum atomic E-state index is 14.4. The van der Waals surface area contributed by atoms with Crippen LogP contribution < -0.4 is 26.0 Å². The summed E-state index contributed by atoms with van der Waals surface area (Å²) in [6, 6.07) is 4.06. The van der Waals surface area contributed by atoms with Crippen molar-refractivity contribution in [3.8, 4) is 5.75 Å². The lowest BCUT2D eigenvalue weighted by Gasteiger charge is -2.40. The molecule has 0 saturated heterocycles. The topological polar surface area (TPSA) is 193 Å². The molecule has 0 fully saturated rings. The Labute approximate surface area is 344 Å². The Hall–Kier alpha value is -5.05. The van der Waals surface area contributed by atoms with Crippen molar-refractivity contribution in [2.75, 3.05) is 34.3 Å². The van der Waals surface area contributed by atoms with Crippen molar-refractivity contribution < 1.29 is 43.0 Å². The van der Waals surface area contributed by atoms with Gasteiger partial charge in [-0.05, 0) is 70.2 Å². The molecule has 4 atom stereocenters. The first-order valence-corrected chi connectivity index (χ1v) is 19.7. The number of imide groups is 1. The van der Waals surface area contributed by atoms with Crippen molar-refractivity contribution in [1.82, 2.24) is 31.1 Å². The first kappa shape index (κ1) is 49.1. The van der Waals surface area contributed by atoms with Crippen LogP contribution in [-0.4, -0.2) is 115 Å². The number of carbonyl (C=O) groups excluding carboxylic acids is 7. The molecule has 6 amide bonds. The lowest BCUT2D eigenvalue weighted by atomic mass is 9.76. The van der Waals surface area contributed by atoms with Gasteiger partial charge in [0.1, 0.15) is 23.4 Å².